The zero-order valence-corrected chi connectivity index (χ0v) is 13.5. The molecule has 1 aromatic carbocycles. The number of para-hydroxylation sites is 1. The Bertz CT molecular complexity index is 862. The van der Waals surface area contributed by atoms with E-state index in [0.29, 0.717) is 16.4 Å². The smallest absolute Gasteiger partial charge is 0.354 e. The Morgan fingerprint density at radius 2 is 1.84 bits per heavy atom. The summed E-state index contributed by atoms with van der Waals surface area (Å²) < 4.78 is 39.0. The van der Waals surface area contributed by atoms with E-state index >= 15 is 0 Å². The highest BCUT2D eigenvalue weighted by Gasteiger charge is 2.33. The molecule has 25 heavy (non-hydrogen) atoms. The molecule has 0 aliphatic rings. The standard InChI is InChI=1S/C17H12F3N3OS/c18-17(19,20)12-4-1-2-5-13(12)22-11-7-8-15(21-10-11)23-16(24)14-6-3-9-25-14/h1-10,22H,(H,21,23,24). The molecule has 1 amide bonds. The molecule has 0 radical (unpaired) electrons. The summed E-state index contributed by atoms with van der Waals surface area (Å²) in [6.45, 7) is 0. The number of rotatable bonds is 4. The summed E-state index contributed by atoms with van der Waals surface area (Å²) in [4.78, 5) is 16.5. The lowest BCUT2D eigenvalue weighted by molar-refractivity contribution is -0.136. The summed E-state index contributed by atoms with van der Waals surface area (Å²) in [5.74, 6) is 0.0266. The summed E-state index contributed by atoms with van der Waals surface area (Å²) >= 11 is 1.30. The fraction of sp³-hybridized carbons (Fsp3) is 0.0588. The second kappa shape index (κ2) is 6.94. The van der Waals surface area contributed by atoms with E-state index in [1.54, 1.807) is 23.6 Å². The third kappa shape index (κ3) is 4.16. The van der Waals surface area contributed by atoms with Crippen molar-refractivity contribution < 1.29 is 18.0 Å². The Morgan fingerprint density at radius 3 is 2.48 bits per heavy atom. The van der Waals surface area contributed by atoms with Gasteiger partial charge in [-0.05, 0) is 35.7 Å². The third-order valence-corrected chi connectivity index (χ3v) is 4.13. The summed E-state index contributed by atoms with van der Waals surface area (Å²) in [5, 5.41) is 7.10. The zero-order valence-electron chi connectivity index (χ0n) is 12.7. The van der Waals surface area contributed by atoms with Crippen LogP contribution in [0.2, 0.25) is 0 Å². The number of alkyl halides is 3. The summed E-state index contributed by atoms with van der Waals surface area (Å²) in [6.07, 6.45) is -3.09. The van der Waals surface area contributed by atoms with Crippen molar-refractivity contribution >= 4 is 34.4 Å². The van der Waals surface area contributed by atoms with E-state index in [1.807, 2.05) is 0 Å². The molecule has 2 N–H and O–H groups in total. The van der Waals surface area contributed by atoms with Gasteiger partial charge in [-0.15, -0.1) is 11.3 Å². The van der Waals surface area contributed by atoms with Crippen LogP contribution in [0.25, 0.3) is 0 Å². The van der Waals surface area contributed by atoms with Crippen LogP contribution >= 0.6 is 11.3 Å². The monoisotopic (exact) mass is 363 g/mol. The van der Waals surface area contributed by atoms with Gasteiger partial charge < -0.3 is 10.6 Å². The maximum atomic E-state index is 13.0. The van der Waals surface area contributed by atoms with Crippen molar-refractivity contribution in [1.82, 2.24) is 4.98 Å². The molecule has 0 saturated heterocycles. The predicted molar refractivity (Wildman–Crippen MR) is 91.2 cm³/mol. The number of halogens is 3. The van der Waals surface area contributed by atoms with Gasteiger partial charge in [0.05, 0.1) is 28.0 Å². The summed E-state index contributed by atoms with van der Waals surface area (Å²) in [6, 6.07) is 11.7. The quantitative estimate of drug-likeness (QED) is 0.673. The minimum Gasteiger partial charge on any atom is -0.354 e. The molecule has 2 aromatic heterocycles. The number of pyridine rings is 1. The molecule has 128 valence electrons. The molecule has 0 bridgehead atoms. The van der Waals surface area contributed by atoms with Crippen molar-refractivity contribution in [2.24, 2.45) is 0 Å². The molecule has 0 atom stereocenters. The first-order valence-corrected chi connectivity index (χ1v) is 8.05. The maximum absolute atomic E-state index is 13.0. The molecule has 0 spiro atoms. The molecule has 2 heterocycles. The number of amides is 1. The van der Waals surface area contributed by atoms with E-state index in [1.165, 1.54) is 41.8 Å². The Morgan fingerprint density at radius 1 is 1.04 bits per heavy atom. The highest BCUT2D eigenvalue weighted by atomic mass is 32.1. The van der Waals surface area contributed by atoms with Gasteiger partial charge >= 0.3 is 6.18 Å². The molecule has 8 heteroatoms. The Balaban J connectivity index is 1.73. The molecule has 0 saturated carbocycles. The van der Waals surface area contributed by atoms with Gasteiger partial charge in [0.25, 0.3) is 5.91 Å². The highest BCUT2D eigenvalue weighted by Crippen LogP contribution is 2.35. The number of benzene rings is 1. The topological polar surface area (TPSA) is 54.0 Å². The van der Waals surface area contributed by atoms with Crippen LogP contribution < -0.4 is 10.6 Å². The molecule has 0 fully saturated rings. The number of hydrogen-bond donors (Lipinski definition) is 2. The molecule has 3 rings (SSSR count). The van der Waals surface area contributed by atoms with Crippen molar-refractivity contribution in [2.75, 3.05) is 10.6 Å². The van der Waals surface area contributed by atoms with Crippen LogP contribution in [0.15, 0.2) is 60.1 Å². The average molecular weight is 363 g/mol. The van der Waals surface area contributed by atoms with Gasteiger partial charge in [0.15, 0.2) is 0 Å². The van der Waals surface area contributed by atoms with Gasteiger partial charge in [0.2, 0.25) is 0 Å². The first-order valence-electron chi connectivity index (χ1n) is 7.17. The van der Waals surface area contributed by atoms with Crippen LogP contribution in [0.3, 0.4) is 0 Å². The molecule has 0 unspecified atom stereocenters. The first-order chi connectivity index (χ1) is 11.9. The number of aromatic nitrogens is 1. The van der Waals surface area contributed by atoms with E-state index in [-0.39, 0.29) is 11.6 Å². The van der Waals surface area contributed by atoms with Crippen LogP contribution in [0, 0.1) is 0 Å². The van der Waals surface area contributed by atoms with Crippen molar-refractivity contribution in [3.63, 3.8) is 0 Å². The molecular weight excluding hydrogens is 351 g/mol. The van der Waals surface area contributed by atoms with Gasteiger partial charge in [-0.3, -0.25) is 4.79 Å². The fourth-order valence-corrected chi connectivity index (χ4v) is 2.74. The van der Waals surface area contributed by atoms with Crippen LogP contribution in [-0.4, -0.2) is 10.9 Å². The van der Waals surface area contributed by atoms with Crippen molar-refractivity contribution in [1.29, 1.82) is 0 Å². The Labute approximate surface area is 145 Å². The fourth-order valence-electron chi connectivity index (χ4n) is 2.12. The minimum atomic E-state index is -4.45. The summed E-state index contributed by atoms with van der Waals surface area (Å²) in [7, 11) is 0. The third-order valence-electron chi connectivity index (χ3n) is 3.26. The maximum Gasteiger partial charge on any atom is 0.418 e. The van der Waals surface area contributed by atoms with Gasteiger partial charge in [0.1, 0.15) is 5.82 Å². The lowest BCUT2D eigenvalue weighted by Crippen LogP contribution is -2.11. The number of carbonyl (C=O) groups is 1. The molecule has 3 aromatic rings. The number of nitrogens with one attached hydrogen (secondary N) is 2. The van der Waals surface area contributed by atoms with Crippen LogP contribution in [-0.2, 0) is 6.18 Å². The van der Waals surface area contributed by atoms with Crippen LogP contribution in [0.1, 0.15) is 15.2 Å². The number of carbonyl (C=O) groups excluding carboxylic acids is 1. The number of anilines is 3. The second-order valence-corrected chi connectivity index (χ2v) is 5.98. The number of thiophene rings is 1. The lowest BCUT2D eigenvalue weighted by Gasteiger charge is -2.14. The van der Waals surface area contributed by atoms with Crippen molar-refractivity contribution in [3.05, 3.63) is 70.5 Å². The van der Waals surface area contributed by atoms with Crippen molar-refractivity contribution in [2.45, 2.75) is 6.18 Å². The van der Waals surface area contributed by atoms with E-state index in [9.17, 15) is 18.0 Å². The molecule has 0 aliphatic heterocycles. The highest BCUT2D eigenvalue weighted by molar-refractivity contribution is 7.12. The predicted octanol–water partition coefficient (Wildman–Crippen LogP) is 5.16. The molecular formula is C17H12F3N3OS. The van der Waals surface area contributed by atoms with E-state index < -0.39 is 11.7 Å². The van der Waals surface area contributed by atoms with Gasteiger partial charge in [-0.2, -0.15) is 13.2 Å². The number of hydrogen-bond acceptors (Lipinski definition) is 4. The average Bonchev–Trinajstić information content (AvgIpc) is 3.11. The molecule has 4 nitrogen and oxygen atoms in total. The second-order valence-electron chi connectivity index (χ2n) is 5.03. The van der Waals surface area contributed by atoms with Gasteiger partial charge in [-0.1, -0.05) is 18.2 Å². The first kappa shape index (κ1) is 17.0. The van der Waals surface area contributed by atoms with E-state index in [0.717, 1.165) is 6.07 Å². The Kier molecular flexibility index (Phi) is 4.71. The van der Waals surface area contributed by atoms with Gasteiger partial charge in [0, 0.05) is 0 Å². The largest absolute Gasteiger partial charge is 0.418 e. The zero-order chi connectivity index (χ0) is 17.9. The van der Waals surface area contributed by atoms with Gasteiger partial charge in [-0.25, -0.2) is 4.98 Å². The Hall–Kier alpha value is -2.87. The SMILES string of the molecule is O=C(Nc1ccc(Nc2ccccc2C(F)(F)F)cn1)c1cccs1. The van der Waals surface area contributed by atoms with Crippen molar-refractivity contribution in [3.8, 4) is 0 Å². The molecule has 0 aliphatic carbocycles. The minimum absolute atomic E-state index is 0.0628. The van der Waals surface area contributed by atoms with Crippen LogP contribution in [0.5, 0.6) is 0 Å². The lowest BCUT2D eigenvalue weighted by atomic mass is 10.1. The van der Waals surface area contributed by atoms with E-state index in [4.69, 9.17) is 0 Å². The van der Waals surface area contributed by atoms with Crippen LogP contribution in [0.4, 0.5) is 30.4 Å². The van der Waals surface area contributed by atoms with E-state index in [2.05, 4.69) is 15.6 Å². The summed E-state index contributed by atoms with van der Waals surface area (Å²) in [5.41, 5.74) is -0.442. The number of nitrogens with zero attached hydrogens (tertiary/aromatic N) is 1. The normalized spacial score (nSPS) is 11.2.